The van der Waals surface area contributed by atoms with Gasteiger partial charge in [0.05, 0.1) is 4.92 Å². The van der Waals surface area contributed by atoms with Gasteiger partial charge in [-0.2, -0.15) is 16.2 Å². The first-order valence-electron chi connectivity index (χ1n) is 5.19. The number of nitro groups is 1. The van der Waals surface area contributed by atoms with Crippen molar-refractivity contribution in [3.05, 3.63) is 39.7 Å². The van der Waals surface area contributed by atoms with E-state index in [0.717, 1.165) is 17.9 Å². The maximum absolute atomic E-state index is 13.3. The Morgan fingerprint density at radius 3 is 2.78 bits per heavy atom. The lowest BCUT2D eigenvalue weighted by Crippen LogP contribution is -2.34. The molecule has 0 spiro atoms. The molecule has 0 heterocycles. The van der Waals surface area contributed by atoms with Crippen molar-refractivity contribution < 1.29 is 14.1 Å². The van der Waals surface area contributed by atoms with Crippen LogP contribution < -0.4 is 5.32 Å². The van der Waals surface area contributed by atoms with Gasteiger partial charge in [0.1, 0.15) is 0 Å². The standard InChI is InChI=1S/C11H13FN2O3S/c1-7(6-18-2)13-11(15)8-3-4-10(14(16)17)9(12)5-8/h3-5,7H,6H2,1-2H3,(H,13,15). The van der Waals surface area contributed by atoms with Gasteiger partial charge in [-0.1, -0.05) is 0 Å². The zero-order valence-electron chi connectivity index (χ0n) is 9.97. The first-order valence-corrected chi connectivity index (χ1v) is 6.58. The quantitative estimate of drug-likeness (QED) is 0.659. The number of benzene rings is 1. The van der Waals surface area contributed by atoms with E-state index in [9.17, 15) is 19.3 Å². The molecule has 0 aliphatic carbocycles. The second kappa shape index (κ2) is 6.34. The van der Waals surface area contributed by atoms with Gasteiger partial charge in [0.15, 0.2) is 0 Å². The SMILES string of the molecule is CSCC(C)NC(=O)c1ccc([N+](=O)[O-])c(F)c1. The number of hydrogen-bond acceptors (Lipinski definition) is 4. The third-order valence-electron chi connectivity index (χ3n) is 2.20. The minimum Gasteiger partial charge on any atom is -0.349 e. The number of amides is 1. The lowest BCUT2D eigenvalue weighted by Gasteiger charge is -2.12. The third kappa shape index (κ3) is 3.69. The van der Waals surface area contributed by atoms with E-state index in [-0.39, 0.29) is 11.6 Å². The summed E-state index contributed by atoms with van der Waals surface area (Å²) in [5, 5.41) is 13.1. The normalized spacial score (nSPS) is 11.9. The summed E-state index contributed by atoms with van der Waals surface area (Å²) < 4.78 is 13.3. The fourth-order valence-corrected chi connectivity index (χ4v) is 1.98. The van der Waals surface area contributed by atoms with Crippen LogP contribution in [0.3, 0.4) is 0 Å². The summed E-state index contributed by atoms with van der Waals surface area (Å²) in [5.41, 5.74) is -0.560. The summed E-state index contributed by atoms with van der Waals surface area (Å²) in [6.45, 7) is 1.83. The van der Waals surface area contributed by atoms with Crippen molar-refractivity contribution >= 4 is 23.4 Å². The predicted octanol–water partition coefficient (Wildman–Crippen LogP) is 2.22. The molecular formula is C11H13FN2O3S. The average Bonchev–Trinajstić information content (AvgIpc) is 2.28. The van der Waals surface area contributed by atoms with Crippen molar-refractivity contribution in [2.75, 3.05) is 12.0 Å². The lowest BCUT2D eigenvalue weighted by molar-refractivity contribution is -0.387. The van der Waals surface area contributed by atoms with Crippen LogP contribution in [0.5, 0.6) is 0 Å². The molecule has 1 atom stereocenters. The molecule has 1 N–H and O–H groups in total. The van der Waals surface area contributed by atoms with E-state index in [0.29, 0.717) is 0 Å². The number of halogens is 1. The molecule has 0 saturated heterocycles. The fourth-order valence-electron chi connectivity index (χ4n) is 1.39. The van der Waals surface area contributed by atoms with Gasteiger partial charge in [0.25, 0.3) is 5.91 Å². The number of hydrogen-bond donors (Lipinski definition) is 1. The van der Waals surface area contributed by atoms with Crippen LogP contribution in [0.15, 0.2) is 18.2 Å². The number of nitro benzene ring substituents is 1. The van der Waals surface area contributed by atoms with Gasteiger partial charge in [-0.05, 0) is 25.3 Å². The highest BCUT2D eigenvalue weighted by atomic mass is 32.2. The molecule has 0 aliphatic rings. The molecule has 98 valence electrons. The van der Waals surface area contributed by atoms with E-state index in [4.69, 9.17) is 0 Å². The van der Waals surface area contributed by atoms with Gasteiger partial charge in [0.2, 0.25) is 5.82 Å². The highest BCUT2D eigenvalue weighted by Gasteiger charge is 2.17. The molecule has 1 aromatic carbocycles. The topological polar surface area (TPSA) is 72.2 Å². The number of carbonyl (C=O) groups is 1. The van der Waals surface area contributed by atoms with Crippen LogP contribution in [-0.4, -0.2) is 28.9 Å². The van der Waals surface area contributed by atoms with E-state index < -0.39 is 22.3 Å². The van der Waals surface area contributed by atoms with Gasteiger partial charge >= 0.3 is 5.69 Å². The smallest absolute Gasteiger partial charge is 0.304 e. The molecule has 0 aromatic heterocycles. The number of thioether (sulfide) groups is 1. The van der Waals surface area contributed by atoms with Crippen LogP contribution in [0.1, 0.15) is 17.3 Å². The van der Waals surface area contributed by atoms with Gasteiger partial charge in [-0.25, -0.2) is 0 Å². The molecule has 0 radical (unpaired) electrons. The molecule has 18 heavy (non-hydrogen) atoms. The molecule has 0 saturated carbocycles. The number of nitrogens with zero attached hydrogens (tertiary/aromatic N) is 1. The van der Waals surface area contributed by atoms with Crippen molar-refractivity contribution in [3.8, 4) is 0 Å². The monoisotopic (exact) mass is 272 g/mol. The molecule has 7 heteroatoms. The predicted molar refractivity (Wildman–Crippen MR) is 68.4 cm³/mol. The van der Waals surface area contributed by atoms with Gasteiger partial charge in [0, 0.05) is 23.4 Å². The Bertz CT molecular complexity index is 468. The van der Waals surface area contributed by atoms with E-state index >= 15 is 0 Å². The summed E-state index contributed by atoms with van der Waals surface area (Å²) in [6.07, 6.45) is 1.91. The first-order chi connectivity index (χ1) is 8.45. The molecule has 1 amide bonds. The Kier molecular flexibility index (Phi) is 5.08. The van der Waals surface area contributed by atoms with Crippen molar-refractivity contribution in [1.82, 2.24) is 5.32 Å². The summed E-state index contributed by atoms with van der Waals surface area (Å²) in [5.74, 6) is -0.711. The average molecular weight is 272 g/mol. The van der Waals surface area contributed by atoms with Crippen molar-refractivity contribution in [2.45, 2.75) is 13.0 Å². The number of nitrogens with one attached hydrogen (secondary N) is 1. The Morgan fingerprint density at radius 1 is 1.61 bits per heavy atom. The molecule has 0 bridgehead atoms. The summed E-state index contributed by atoms with van der Waals surface area (Å²) >= 11 is 1.58. The highest BCUT2D eigenvalue weighted by Crippen LogP contribution is 2.18. The molecule has 0 aliphatic heterocycles. The van der Waals surface area contributed by atoms with Gasteiger partial charge < -0.3 is 5.32 Å². The van der Waals surface area contributed by atoms with E-state index in [1.54, 1.807) is 11.8 Å². The second-order valence-corrected chi connectivity index (χ2v) is 4.66. The number of rotatable bonds is 5. The van der Waals surface area contributed by atoms with Crippen LogP contribution in [0.2, 0.25) is 0 Å². The molecular weight excluding hydrogens is 259 g/mol. The molecule has 1 rings (SSSR count). The van der Waals surface area contributed by atoms with Crippen LogP contribution in [0, 0.1) is 15.9 Å². The van der Waals surface area contributed by atoms with Gasteiger partial charge in [-0.15, -0.1) is 0 Å². The molecule has 1 unspecified atom stereocenters. The van der Waals surface area contributed by atoms with Crippen LogP contribution >= 0.6 is 11.8 Å². The highest BCUT2D eigenvalue weighted by molar-refractivity contribution is 7.98. The molecule has 5 nitrogen and oxygen atoms in total. The van der Waals surface area contributed by atoms with Crippen LogP contribution in [0.4, 0.5) is 10.1 Å². The van der Waals surface area contributed by atoms with E-state index in [1.807, 2.05) is 13.2 Å². The summed E-state index contributed by atoms with van der Waals surface area (Å²) in [6, 6.07) is 3.05. The summed E-state index contributed by atoms with van der Waals surface area (Å²) in [4.78, 5) is 21.3. The van der Waals surface area contributed by atoms with Crippen LogP contribution in [-0.2, 0) is 0 Å². The third-order valence-corrected chi connectivity index (χ3v) is 3.03. The maximum atomic E-state index is 13.3. The van der Waals surface area contributed by atoms with Crippen molar-refractivity contribution in [3.63, 3.8) is 0 Å². The zero-order valence-corrected chi connectivity index (χ0v) is 10.8. The minimum atomic E-state index is -1.01. The zero-order chi connectivity index (χ0) is 13.7. The van der Waals surface area contributed by atoms with Gasteiger partial charge in [-0.3, -0.25) is 14.9 Å². The molecule has 1 aromatic rings. The Hall–Kier alpha value is -1.63. The van der Waals surface area contributed by atoms with Crippen molar-refractivity contribution in [1.29, 1.82) is 0 Å². The molecule has 0 fully saturated rings. The lowest BCUT2D eigenvalue weighted by atomic mass is 10.2. The Morgan fingerprint density at radius 2 is 2.28 bits per heavy atom. The Labute approximate surface area is 108 Å². The largest absolute Gasteiger partial charge is 0.349 e. The van der Waals surface area contributed by atoms with E-state index in [1.165, 1.54) is 6.07 Å². The number of carbonyl (C=O) groups excluding carboxylic acids is 1. The van der Waals surface area contributed by atoms with Crippen LogP contribution in [0.25, 0.3) is 0 Å². The maximum Gasteiger partial charge on any atom is 0.304 e. The Balaban J connectivity index is 2.81. The fraction of sp³-hybridized carbons (Fsp3) is 0.364. The second-order valence-electron chi connectivity index (χ2n) is 3.75. The first kappa shape index (κ1) is 14.4. The van der Waals surface area contributed by atoms with E-state index in [2.05, 4.69) is 5.32 Å². The summed E-state index contributed by atoms with van der Waals surface area (Å²) in [7, 11) is 0. The van der Waals surface area contributed by atoms with Crippen molar-refractivity contribution in [2.24, 2.45) is 0 Å². The minimum absolute atomic E-state index is 0.0502.